The van der Waals surface area contributed by atoms with Crippen LogP contribution in [0, 0.1) is 6.92 Å². The zero-order valence-corrected chi connectivity index (χ0v) is 17.6. The standard InChI is InChI=1S/C21H19F3N6O3/c1-10-18(33-19(27-10)11(2)31)20(32)29-7-6-13-16(26-9-25-13)17(29)14-8-12-4-3-5-15(21(22,23)24)30(12)28-14/h3-5,8-9,11,17,31H,6-7H2,1-2H3,(H,25,26)/t11?,17-/m1/s1. The molecule has 1 amide bonds. The number of halogens is 3. The van der Waals surface area contributed by atoms with Gasteiger partial charge in [0.1, 0.15) is 17.8 Å². The topological polar surface area (TPSA) is 113 Å². The number of hydrogen-bond acceptors (Lipinski definition) is 6. The molecule has 0 aromatic carbocycles. The van der Waals surface area contributed by atoms with Gasteiger partial charge in [0.25, 0.3) is 5.91 Å². The molecule has 1 aliphatic heterocycles. The van der Waals surface area contributed by atoms with Crippen LogP contribution in [0.25, 0.3) is 5.52 Å². The van der Waals surface area contributed by atoms with Gasteiger partial charge in [0.2, 0.25) is 11.7 Å². The molecule has 1 unspecified atom stereocenters. The molecule has 172 valence electrons. The zero-order valence-electron chi connectivity index (χ0n) is 17.6. The number of nitrogens with zero attached hydrogens (tertiary/aromatic N) is 5. The Balaban J connectivity index is 1.63. The van der Waals surface area contributed by atoms with Crippen molar-refractivity contribution < 1.29 is 27.5 Å². The predicted molar refractivity (Wildman–Crippen MR) is 107 cm³/mol. The first-order chi connectivity index (χ1) is 15.6. The number of aliphatic hydroxyl groups excluding tert-OH is 1. The molecule has 0 saturated heterocycles. The average Bonchev–Trinajstić information content (AvgIpc) is 3.48. The Hall–Kier alpha value is -3.67. The minimum Gasteiger partial charge on any atom is -0.432 e. The highest BCUT2D eigenvalue weighted by atomic mass is 19.4. The zero-order chi connectivity index (χ0) is 23.5. The number of carbonyl (C=O) groups is 1. The minimum absolute atomic E-state index is 0.00687. The van der Waals surface area contributed by atoms with Crippen LogP contribution in [0.2, 0.25) is 0 Å². The number of fused-ring (bicyclic) bond motifs is 2. The highest BCUT2D eigenvalue weighted by Gasteiger charge is 2.39. The van der Waals surface area contributed by atoms with Gasteiger partial charge < -0.3 is 19.4 Å². The molecule has 0 aliphatic carbocycles. The van der Waals surface area contributed by atoms with E-state index in [0.29, 0.717) is 17.8 Å². The molecule has 4 aromatic heterocycles. The highest BCUT2D eigenvalue weighted by molar-refractivity contribution is 5.93. The van der Waals surface area contributed by atoms with Gasteiger partial charge in [-0.25, -0.2) is 14.5 Å². The van der Waals surface area contributed by atoms with E-state index in [1.807, 2.05) is 0 Å². The van der Waals surface area contributed by atoms with E-state index in [0.717, 1.165) is 16.3 Å². The fourth-order valence-corrected chi connectivity index (χ4v) is 4.10. The van der Waals surface area contributed by atoms with E-state index in [1.165, 1.54) is 36.4 Å². The Morgan fingerprint density at radius 3 is 2.85 bits per heavy atom. The summed E-state index contributed by atoms with van der Waals surface area (Å²) in [4.78, 5) is 26.4. The highest BCUT2D eigenvalue weighted by Crippen LogP contribution is 2.36. The lowest BCUT2D eigenvalue weighted by Gasteiger charge is -2.33. The number of aromatic amines is 1. The summed E-state index contributed by atoms with van der Waals surface area (Å²) in [7, 11) is 0. The molecule has 0 radical (unpaired) electrons. The molecule has 5 rings (SSSR count). The van der Waals surface area contributed by atoms with Crippen LogP contribution in [-0.4, -0.2) is 47.0 Å². The molecule has 1 aliphatic rings. The van der Waals surface area contributed by atoms with Crippen LogP contribution >= 0.6 is 0 Å². The van der Waals surface area contributed by atoms with E-state index < -0.39 is 29.9 Å². The van der Waals surface area contributed by atoms with Crippen molar-refractivity contribution >= 4 is 11.4 Å². The van der Waals surface area contributed by atoms with E-state index in [9.17, 15) is 23.1 Å². The number of H-pyrrole nitrogens is 1. The Labute approximate surface area is 184 Å². The summed E-state index contributed by atoms with van der Waals surface area (Å²) >= 11 is 0. The number of nitrogens with one attached hydrogen (secondary N) is 1. The molecule has 0 saturated carbocycles. The SMILES string of the molecule is Cc1nc(C(C)O)oc1C(=O)N1CCc2[nH]cnc2[C@H]1c1cc2cccc(C(F)(F)F)n2n1. The number of alkyl halides is 3. The Bertz CT molecular complexity index is 1350. The van der Waals surface area contributed by atoms with Crippen molar-refractivity contribution in [1.29, 1.82) is 0 Å². The molecule has 2 atom stereocenters. The summed E-state index contributed by atoms with van der Waals surface area (Å²) in [5, 5.41) is 14.0. The van der Waals surface area contributed by atoms with Gasteiger partial charge in [-0.2, -0.15) is 18.3 Å². The Morgan fingerprint density at radius 1 is 1.36 bits per heavy atom. The van der Waals surface area contributed by atoms with E-state index in [1.54, 1.807) is 6.92 Å². The van der Waals surface area contributed by atoms with Crippen molar-refractivity contribution in [2.45, 2.75) is 38.6 Å². The second kappa shape index (κ2) is 7.44. The quantitative estimate of drug-likeness (QED) is 0.486. The smallest absolute Gasteiger partial charge is 0.432 e. The molecule has 0 bridgehead atoms. The van der Waals surface area contributed by atoms with Crippen LogP contribution in [0.15, 0.2) is 35.0 Å². The third-order valence-electron chi connectivity index (χ3n) is 5.63. The number of carbonyl (C=O) groups excluding carboxylic acids is 1. The van der Waals surface area contributed by atoms with Gasteiger partial charge in [0.05, 0.1) is 28.9 Å². The number of imidazole rings is 1. The van der Waals surface area contributed by atoms with Crippen LogP contribution in [0.3, 0.4) is 0 Å². The molecule has 2 N–H and O–H groups in total. The first kappa shape index (κ1) is 21.2. The lowest BCUT2D eigenvalue weighted by atomic mass is 9.99. The molecular weight excluding hydrogens is 441 g/mol. The van der Waals surface area contributed by atoms with E-state index in [2.05, 4.69) is 20.1 Å². The van der Waals surface area contributed by atoms with Crippen molar-refractivity contribution in [2.24, 2.45) is 0 Å². The third kappa shape index (κ3) is 3.46. The van der Waals surface area contributed by atoms with Crippen LogP contribution in [0.1, 0.15) is 64.0 Å². The van der Waals surface area contributed by atoms with Crippen molar-refractivity contribution in [1.82, 2.24) is 29.5 Å². The number of aliphatic hydroxyl groups is 1. The molecule has 0 spiro atoms. The van der Waals surface area contributed by atoms with Gasteiger partial charge in [0, 0.05) is 18.7 Å². The number of aromatic nitrogens is 5. The second-order valence-electron chi connectivity index (χ2n) is 7.87. The number of hydrogen-bond donors (Lipinski definition) is 2. The minimum atomic E-state index is -4.60. The molecule has 4 aromatic rings. The number of rotatable bonds is 3. The van der Waals surface area contributed by atoms with Crippen molar-refractivity contribution in [3.05, 3.63) is 70.7 Å². The average molecular weight is 460 g/mol. The molecule has 9 nitrogen and oxygen atoms in total. The van der Waals surface area contributed by atoms with E-state index in [4.69, 9.17) is 4.42 Å². The number of oxazole rings is 1. The summed E-state index contributed by atoms with van der Waals surface area (Å²) in [6.07, 6.45) is -3.65. The lowest BCUT2D eigenvalue weighted by Crippen LogP contribution is -2.41. The molecule has 0 fully saturated rings. The van der Waals surface area contributed by atoms with Crippen LogP contribution < -0.4 is 0 Å². The maximum atomic E-state index is 13.5. The van der Waals surface area contributed by atoms with Gasteiger partial charge >= 0.3 is 6.18 Å². The fourth-order valence-electron chi connectivity index (χ4n) is 4.10. The number of amides is 1. The molecule has 12 heteroatoms. The van der Waals surface area contributed by atoms with Crippen molar-refractivity contribution in [3.63, 3.8) is 0 Å². The van der Waals surface area contributed by atoms with Gasteiger partial charge in [-0.3, -0.25) is 4.79 Å². The van der Waals surface area contributed by atoms with E-state index >= 15 is 0 Å². The summed E-state index contributed by atoms with van der Waals surface area (Å²) in [6, 6.07) is 4.44. The largest absolute Gasteiger partial charge is 0.433 e. The summed E-state index contributed by atoms with van der Waals surface area (Å²) in [5.74, 6) is -0.555. The fraction of sp³-hybridized carbons (Fsp3) is 0.333. The summed E-state index contributed by atoms with van der Waals surface area (Å²) < 4.78 is 46.9. The van der Waals surface area contributed by atoms with Gasteiger partial charge in [0.15, 0.2) is 0 Å². The molecule has 33 heavy (non-hydrogen) atoms. The molecule has 5 heterocycles. The Morgan fingerprint density at radius 2 is 2.15 bits per heavy atom. The lowest BCUT2D eigenvalue weighted by molar-refractivity contribution is -0.142. The van der Waals surface area contributed by atoms with Crippen LogP contribution in [0.4, 0.5) is 13.2 Å². The Kier molecular flexibility index (Phi) is 4.78. The number of aryl methyl sites for hydroxylation is 1. The maximum absolute atomic E-state index is 13.5. The predicted octanol–water partition coefficient (Wildman–Crippen LogP) is 3.21. The van der Waals surface area contributed by atoms with Crippen LogP contribution in [0.5, 0.6) is 0 Å². The molecular formula is C21H19F3N6O3. The van der Waals surface area contributed by atoms with Crippen LogP contribution in [-0.2, 0) is 12.6 Å². The maximum Gasteiger partial charge on any atom is 0.433 e. The number of pyridine rings is 1. The van der Waals surface area contributed by atoms with Gasteiger partial charge in [-0.1, -0.05) is 6.07 Å². The van der Waals surface area contributed by atoms with Crippen molar-refractivity contribution in [2.75, 3.05) is 6.54 Å². The first-order valence-corrected chi connectivity index (χ1v) is 10.2. The van der Waals surface area contributed by atoms with E-state index in [-0.39, 0.29) is 29.4 Å². The normalized spacial score (nSPS) is 17.4. The second-order valence-corrected chi connectivity index (χ2v) is 7.87. The first-order valence-electron chi connectivity index (χ1n) is 10.2. The monoisotopic (exact) mass is 460 g/mol. The third-order valence-corrected chi connectivity index (χ3v) is 5.63. The van der Waals surface area contributed by atoms with Crippen molar-refractivity contribution in [3.8, 4) is 0 Å². The van der Waals surface area contributed by atoms with Gasteiger partial charge in [-0.05, 0) is 32.0 Å². The summed E-state index contributed by atoms with van der Waals surface area (Å²) in [5.41, 5.74) is 1.13. The van der Waals surface area contributed by atoms with Gasteiger partial charge in [-0.15, -0.1) is 0 Å². The summed E-state index contributed by atoms with van der Waals surface area (Å²) in [6.45, 7) is 3.30.